The molecule has 2 rings (SSSR count). The Labute approximate surface area is 112 Å². The Bertz CT molecular complexity index is 580. The number of phenols is 1. The van der Waals surface area contributed by atoms with E-state index in [9.17, 15) is 5.11 Å². The molecule has 0 aliphatic heterocycles. The molecule has 1 N–H and O–H groups in total. The molecule has 4 nitrogen and oxygen atoms in total. The van der Waals surface area contributed by atoms with Gasteiger partial charge < -0.3 is 9.84 Å². The summed E-state index contributed by atoms with van der Waals surface area (Å²) in [5.74, 6) is 0.638. The number of hydrogen-bond acceptors (Lipinski definition) is 4. The standard InChI is InChI=1S/C15H16N2O2/c1-3-19-15-9-12(4-5-14(15)18)8-11(2)13-10-16-6-7-17-13/h4-10,18H,3H2,1-2H3/b11-8-. The van der Waals surface area contributed by atoms with Crippen LogP contribution in [0.2, 0.25) is 0 Å². The minimum absolute atomic E-state index is 0.149. The van der Waals surface area contributed by atoms with Crippen molar-refractivity contribution in [1.82, 2.24) is 9.97 Å². The van der Waals surface area contributed by atoms with Gasteiger partial charge in [-0.1, -0.05) is 6.07 Å². The first kappa shape index (κ1) is 13.1. The van der Waals surface area contributed by atoms with Crippen LogP contribution < -0.4 is 4.74 Å². The molecule has 19 heavy (non-hydrogen) atoms. The smallest absolute Gasteiger partial charge is 0.161 e. The topological polar surface area (TPSA) is 55.2 Å². The molecular weight excluding hydrogens is 240 g/mol. The number of ether oxygens (including phenoxy) is 1. The van der Waals surface area contributed by atoms with Gasteiger partial charge in [0, 0.05) is 12.4 Å². The summed E-state index contributed by atoms with van der Waals surface area (Å²) in [7, 11) is 0. The minimum Gasteiger partial charge on any atom is -0.504 e. The van der Waals surface area contributed by atoms with E-state index in [-0.39, 0.29) is 5.75 Å². The van der Waals surface area contributed by atoms with Crippen molar-refractivity contribution in [2.45, 2.75) is 13.8 Å². The summed E-state index contributed by atoms with van der Waals surface area (Å²) in [6, 6.07) is 5.26. The Balaban J connectivity index is 2.30. The molecule has 0 aliphatic rings. The van der Waals surface area contributed by atoms with Crippen molar-refractivity contribution < 1.29 is 9.84 Å². The van der Waals surface area contributed by atoms with Gasteiger partial charge in [0.1, 0.15) is 0 Å². The molecule has 98 valence electrons. The van der Waals surface area contributed by atoms with Crippen molar-refractivity contribution in [1.29, 1.82) is 0 Å². The highest BCUT2D eigenvalue weighted by atomic mass is 16.5. The molecule has 4 heteroatoms. The number of nitrogens with zero attached hydrogens (tertiary/aromatic N) is 2. The zero-order valence-corrected chi connectivity index (χ0v) is 11.0. The van der Waals surface area contributed by atoms with Crippen molar-refractivity contribution in [2.24, 2.45) is 0 Å². The molecule has 0 bridgehead atoms. The SMILES string of the molecule is CCOc1cc(/C=C(/C)c2cnccn2)ccc1O. The molecule has 0 atom stereocenters. The van der Waals surface area contributed by atoms with Crippen LogP contribution in [-0.2, 0) is 0 Å². The van der Waals surface area contributed by atoms with Gasteiger partial charge in [-0.3, -0.25) is 9.97 Å². The number of allylic oxidation sites excluding steroid dienone is 1. The molecule has 1 heterocycles. The maximum absolute atomic E-state index is 9.65. The number of aromatic nitrogens is 2. The fraction of sp³-hybridized carbons (Fsp3) is 0.200. The fourth-order valence-electron chi connectivity index (χ4n) is 1.72. The molecule has 0 aliphatic carbocycles. The van der Waals surface area contributed by atoms with Crippen molar-refractivity contribution >= 4 is 11.6 Å². The van der Waals surface area contributed by atoms with E-state index in [4.69, 9.17) is 4.74 Å². The first-order valence-corrected chi connectivity index (χ1v) is 6.11. The molecule has 0 saturated carbocycles. The van der Waals surface area contributed by atoms with Crippen LogP contribution in [0.4, 0.5) is 0 Å². The lowest BCUT2D eigenvalue weighted by atomic mass is 10.1. The Morgan fingerprint density at radius 2 is 2.21 bits per heavy atom. The largest absolute Gasteiger partial charge is 0.504 e. The van der Waals surface area contributed by atoms with Gasteiger partial charge in [-0.2, -0.15) is 0 Å². The normalized spacial score (nSPS) is 11.4. The van der Waals surface area contributed by atoms with Gasteiger partial charge in [0.2, 0.25) is 0 Å². The lowest BCUT2D eigenvalue weighted by molar-refractivity contribution is 0.318. The van der Waals surface area contributed by atoms with E-state index in [1.807, 2.05) is 26.0 Å². The lowest BCUT2D eigenvalue weighted by Crippen LogP contribution is -1.92. The first-order chi connectivity index (χ1) is 9.20. The van der Waals surface area contributed by atoms with E-state index in [0.717, 1.165) is 16.8 Å². The van der Waals surface area contributed by atoms with E-state index in [1.165, 1.54) is 0 Å². The zero-order chi connectivity index (χ0) is 13.7. The highest BCUT2D eigenvalue weighted by Gasteiger charge is 2.03. The Hall–Kier alpha value is -2.36. The molecule has 0 unspecified atom stereocenters. The molecule has 0 amide bonds. The van der Waals surface area contributed by atoms with Gasteiger partial charge in [-0.15, -0.1) is 0 Å². The summed E-state index contributed by atoms with van der Waals surface area (Å²) in [5, 5.41) is 9.65. The molecule has 0 spiro atoms. The third-order valence-corrected chi connectivity index (χ3v) is 2.63. The van der Waals surface area contributed by atoms with Crippen LogP contribution in [0, 0.1) is 0 Å². The van der Waals surface area contributed by atoms with E-state index >= 15 is 0 Å². The summed E-state index contributed by atoms with van der Waals surface area (Å²) < 4.78 is 5.36. The summed E-state index contributed by atoms with van der Waals surface area (Å²) in [6.07, 6.45) is 7.00. The molecule has 1 aromatic carbocycles. The quantitative estimate of drug-likeness (QED) is 0.913. The average molecular weight is 256 g/mol. The highest BCUT2D eigenvalue weighted by Crippen LogP contribution is 2.28. The van der Waals surface area contributed by atoms with E-state index in [1.54, 1.807) is 30.7 Å². The molecular formula is C15H16N2O2. The minimum atomic E-state index is 0.149. The van der Waals surface area contributed by atoms with Crippen molar-refractivity contribution in [3.8, 4) is 11.5 Å². The van der Waals surface area contributed by atoms with Crippen molar-refractivity contribution in [2.75, 3.05) is 6.61 Å². The summed E-state index contributed by atoms with van der Waals surface area (Å²) in [6.45, 7) is 4.37. The second kappa shape index (κ2) is 6.00. The van der Waals surface area contributed by atoms with Crippen LogP contribution in [0.25, 0.3) is 11.6 Å². The number of aromatic hydroxyl groups is 1. The predicted molar refractivity (Wildman–Crippen MR) is 74.9 cm³/mol. The number of hydrogen-bond donors (Lipinski definition) is 1. The Morgan fingerprint density at radius 3 is 2.89 bits per heavy atom. The Morgan fingerprint density at radius 1 is 1.37 bits per heavy atom. The monoisotopic (exact) mass is 256 g/mol. The van der Waals surface area contributed by atoms with Crippen LogP contribution in [0.3, 0.4) is 0 Å². The molecule has 2 aromatic rings. The van der Waals surface area contributed by atoms with Gasteiger partial charge in [0.25, 0.3) is 0 Å². The van der Waals surface area contributed by atoms with Gasteiger partial charge in [0.05, 0.1) is 18.5 Å². The summed E-state index contributed by atoms with van der Waals surface area (Å²) in [5.41, 5.74) is 2.78. The third kappa shape index (κ3) is 3.31. The zero-order valence-electron chi connectivity index (χ0n) is 11.0. The highest BCUT2D eigenvalue weighted by molar-refractivity contribution is 5.78. The van der Waals surface area contributed by atoms with Crippen LogP contribution >= 0.6 is 0 Å². The molecule has 0 fully saturated rings. The van der Waals surface area contributed by atoms with E-state index in [0.29, 0.717) is 12.4 Å². The Kier molecular flexibility index (Phi) is 4.13. The van der Waals surface area contributed by atoms with Crippen molar-refractivity contribution in [3.05, 3.63) is 48.0 Å². The number of benzene rings is 1. The van der Waals surface area contributed by atoms with Gasteiger partial charge in [-0.05, 0) is 43.2 Å². The molecule has 1 aromatic heterocycles. The number of rotatable bonds is 4. The van der Waals surface area contributed by atoms with Crippen molar-refractivity contribution in [3.63, 3.8) is 0 Å². The second-order valence-corrected chi connectivity index (χ2v) is 4.08. The fourth-order valence-corrected chi connectivity index (χ4v) is 1.72. The average Bonchev–Trinajstić information content (AvgIpc) is 2.44. The van der Waals surface area contributed by atoms with Crippen LogP contribution in [0.15, 0.2) is 36.8 Å². The predicted octanol–water partition coefficient (Wildman–Crippen LogP) is 3.14. The first-order valence-electron chi connectivity index (χ1n) is 6.11. The van der Waals surface area contributed by atoms with Gasteiger partial charge in [0.15, 0.2) is 11.5 Å². The maximum atomic E-state index is 9.65. The lowest BCUT2D eigenvalue weighted by Gasteiger charge is -2.07. The van der Waals surface area contributed by atoms with Crippen LogP contribution in [0.5, 0.6) is 11.5 Å². The van der Waals surface area contributed by atoms with E-state index < -0.39 is 0 Å². The molecule has 0 saturated heterocycles. The van der Waals surface area contributed by atoms with Crippen LogP contribution in [-0.4, -0.2) is 21.7 Å². The summed E-state index contributed by atoms with van der Waals surface area (Å²) >= 11 is 0. The van der Waals surface area contributed by atoms with Gasteiger partial charge >= 0.3 is 0 Å². The summed E-state index contributed by atoms with van der Waals surface area (Å²) in [4.78, 5) is 8.28. The maximum Gasteiger partial charge on any atom is 0.161 e. The number of phenolic OH excluding ortho intramolecular Hbond substituents is 1. The molecule has 0 radical (unpaired) electrons. The van der Waals surface area contributed by atoms with E-state index in [2.05, 4.69) is 9.97 Å². The third-order valence-electron chi connectivity index (χ3n) is 2.63. The van der Waals surface area contributed by atoms with Crippen LogP contribution in [0.1, 0.15) is 25.1 Å². The second-order valence-electron chi connectivity index (χ2n) is 4.08. The van der Waals surface area contributed by atoms with Gasteiger partial charge in [-0.25, -0.2) is 0 Å².